The van der Waals surface area contributed by atoms with Crippen molar-refractivity contribution in [1.82, 2.24) is 20.0 Å². The number of rotatable bonds is 4. The molecule has 2 aromatic carbocycles. The molecule has 1 N–H and O–H groups in total. The number of benzene rings is 2. The molecule has 2 aromatic rings. The Hall–Kier alpha value is -3.19. The summed E-state index contributed by atoms with van der Waals surface area (Å²) in [5.41, 5.74) is 0.225. The van der Waals surface area contributed by atoms with Gasteiger partial charge in [-0.1, -0.05) is 60.7 Å². The molecule has 0 radical (unpaired) electrons. The zero-order valence-corrected chi connectivity index (χ0v) is 16.4. The molecule has 0 atom stereocenters. The fourth-order valence-corrected chi connectivity index (χ4v) is 4.04. The van der Waals surface area contributed by atoms with Gasteiger partial charge in [0.05, 0.1) is 6.67 Å². The summed E-state index contributed by atoms with van der Waals surface area (Å²) in [6.45, 7) is 4.21. The number of urea groups is 1. The van der Waals surface area contributed by atoms with E-state index in [0.717, 1.165) is 11.1 Å². The molecule has 2 aliphatic rings. The summed E-state index contributed by atoms with van der Waals surface area (Å²) in [6.07, 6.45) is 0. The van der Waals surface area contributed by atoms with Gasteiger partial charge in [0, 0.05) is 33.1 Å². The molecule has 150 valence electrons. The van der Waals surface area contributed by atoms with Crippen molar-refractivity contribution in [1.29, 1.82) is 0 Å². The molecule has 4 rings (SSSR count). The van der Waals surface area contributed by atoms with E-state index in [1.165, 1.54) is 4.90 Å². The van der Waals surface area contributed by atoms with Crippen LogP contribution in [0.3, 0.4) is 0 Å². The fourth-order valence-electron chi connectivity index (χ4n) is 4.04. The predicted molar refractivity (Wildman–Crippen MR) is 108 cm³/mol. The Morgan fingerprint density at radius 1 is 0.897 bits per heavy atom. The van der Waals surface area contributed by atoms with Crippen LogP contribution in [0.5, 0.6) is 0 Å². The highest BCUT2D eigenvalue weighted by Gasteiger charge is 2.53. The summed E-state index contributed by atoms with van der Waals surface area (Å²) in [5.74, 6) is -0.235. The van der Waals surface area contributed by atoms with Crippen LogP contribution in [0, 0.1) is 0 Å². The topological polar surface area (TPSA) is 73.0 Å². The molecule has 0 aromatic heterocycles. The number of amides is 4. The Labute approximate surface area is 169 Å². The summed E-state index contributed by atoms with van der Waals surface area (Å²) in [7, 11) is 0. The summed E-state index contributed by atoms with van der Waals surface area (Å²) in [5, 5.41) is 2.96. The number of carbonyl (C=O) groups is 3. The molecule has 0 unspecified atom stereocenters. The predicted octanol–water partition coefficient (Wildman–Crippen LogP) is 1.60. The molecule has 2 aliphatic heterocycles. The maximum Gasteiger partial charge on any atom is 0.326 e. The molecule has 0 spiro atoms. The van der Waals surface area contributed by atoms with Gasteiger partial charge in [0.15, 0.2) is 5.54 Å². The minimum atomic E-state index is -1.24. The minimum Gasteiger partial charge on any atom is -0.340 e. The van der Waals surface area contributed by atoms with E-state index >= 15 is 0 Å². The Morgan fingerprint density at radius 3 is 1.90 bits per heavy atom. The van der Waals surface area contributed by atoms with Crippen molar-refractivity contribution < 1.29 is 14.4 Å². The summed E-state index contributed by atoms with van der Waals surface area (Å²) < 4.78 is 0. The molecule has 2 saturated heterocycles. The van der Waals surface area contributed by atoms with Crippen molar-refractivity contribution in [3.63, 3.8) is 0 Å². The Bertz CT molecular complexity index is 869. The lowest BCUT2D eigenvalue weighted by Gasteiger charge is -2.35. The molecule has 0 aliphatic carbocycles. The van der Waals surface area contributed by atoms with Crippen LogP contribution in [0.25, 0.3) is 0 Å². The first kappa shape index (κ1) is 19.1. The molecule has 2 heterocycles. The summed E-state index contributed by atoms with van der Waals surface area (Å²) in [6, 6.07) is 18.3. The average molecular weight is 392 g/mol. The van der Waals surface area contributed by atoms with Crippen LogP contribution in [0.2, 0.25) is 0 Å². The van der Waals surface area contributed by atoms with E-state index in [-0.39, 0.29) is 18.5 Å². The van der Waals surface area contributed by atoms with Crippen molar-refractivity contribution in [3.8, 4) is 0 Å². The molecule has 2 fully saturated rings. The van der Waals surface area contributed by atoms with Crippen molar-refractivity contribution in [2.45, 2.75) is 12.5 Å². The number of piperazine rings is 1. The number of carbonyl (C=O) groups excluding carboxylic acids is 3. The van der Waals surface area contributed by atoms with Gasteiger partial charge in [-0.2, -0.15) is 0 Å². The van der Waals surface area contributed by atoms with E-state index in [0.29, 0.717) is 26.2 Å². The van der Waals surface area contributed by atoms with Crippen LogP contribution in [-0.4, -0.2) is 65.4 Å². The molecule has 4 amide bonds. The third-order valence-electron chi connectivity index (χ3n) is 5.68. The van der Waals surface area contributed by atoms with E-state index in [1.807, 2.05) is 65.6 Å². The summed E-state index contributed by atoms with van der Waals surface area (Å²) in [4.78, 5) is 43.2. The second-order valence-corrected chi connectivity index (χ2v) is 7.41. The van der Waals surface area contributed by atoms with E-state index in [9.17, 15) is 14.4 Å². The van der Waals surface area contributed by atoms with Gasteiger partial charge >= 0.3 is 6.03 Å². The quantitative estimate of drug-likeness (QED) is 0.803. The maximum atomic E-state index is 13.6. The molecule has 29 heavy (non-hydrogen) atoms. The van der Waals surface area contributed by atoms with Gasteiger partial charge in [-0.3, -0.25) is 14.5 Å². The molecule has 7 nitrogen and oxygen atoms in total. The van der Waals surface area contributed by atoms with E-state index in [4.69, 9.17) is 0 Å². The average Bonchev–Trinajstić information content (AvgIpc) is 3.01. The van der Waals surface area contributed by atoms with Gasteiger partial charge in [-0.25, -0.2) is 9.69 Å². The van der Waals surface area contributed by atoms with Crippen molar-refractivity contribution >= 4 is 17.8 Å². The lowest BCUT2D eigenvalue weighted by atomic mass is 9.83. The van der Waals surface area contributed by atoms with Gasteiger partial charge in [-0.15, -0.1) is 0 Å². The number of nitrogens with zero attached hydrogens (tertiary/aromatic N) is 3. The highest BCUT2D eigenvalue weighted by molar-refractivity contribution is 6.09. The largest absolute Gasteiger partial charge is 0.340 e. The fraction of sp³-hybridized carbons (Fsp3) is 0.318. The number of nitrogens with one attached hydrogen (secondary N) is 1. The highest BCUT2D eigenvalue weighted by Crippen LogP contribution is 2.36. The molecular formula is C22H24N4O3. The van der Waals surface area contributed by atoms with Gasteiger partial charge in [0.1, 0.15) is 0 Å². The smallest absolute Gasteiger partial charge is 0.326 e. The highest BCUT2D eigenvalue weighted by atomic mass is 16.2. The van der Waals surface area contributed by atoms with Crippen molar-refractivity contribution in [2.24, 2.45) is 0 Å². The maximum absolute atomic E-state index is 13.6. The minimum absolute atomic E-state index is 0.0480. The lowest BCUT2D eigenvalue weighted by molar-refractivity contribution is -0.134. The van der Waals surface area contributed by atoms with E-state index in [2.05, 4.69) is 5.32 Å². The van der Waals surface area contributed by atoms with Crippen LogP contribution < -0.4 is 5.32 Å². The van der Waals surface area contributed by atoms with Gasteiger partial charge in [0.25, 0.3) is 5.91 Å². The van der Waals surface area contributed by atoms with Crippen LogP contribution in [0.4, 0.5) is 4.79 Å². The zero-order chi connectivity index (χ0) is 20.4. The molecule has 0 bridgehead atoms. The van der Waals surface area contributed by atoms with Crippen molar-refractivity contribution in [3.05, 3.63) is 71.8 Å². The zero-order valence-electron chi connectivity index (χ0n) is 16.4. The first-order valence-electron chi connectivity index (χ1n) is 9.75. The summed E-state index contributed by atoms with van der Waals surface area (Å²) >= 11 is 0. The normalized spacial score (nSPS) is 19.3. The number of hydrogen-bond acceptors (Lipinski definition) is 4. The first-order valence-corrected chi connectivity index (χ1v) is 9.75. The second-order valence-electron chi connectivity index (χ2n) is 7.41. The molecular weight excluding hydrogens is 368 g/mol. The third-order valence-corrected chi connectivity index (χ3v) is 5.68. The molecule has 7 heteroatoms. The van der Waals surface area contributed by atoms with E-state index in [1.54, 1.807) is 11.8 Å². The van der Waals surface area contributed by atoms with E-state index < -0.39 is 11.6 Å². The van der Waals surface area contributed by atoms with Gasteiger partial charge < -0.3 is 10.2 Å². The van der Waals surface area contributed by atoms with Crippen LogP contribution in [0.15, 0.2) is 60.7 Å². The SMILES string of the molecule is CC(=O)N1CCN(CN2C(=O)NC(c3ccccc3)(c3ccccc3)C2=O)CC1. The second kappa shape index (κ2) is 7.67. The monoisotopic (exact) mass is 392 g/mol. The molecule has 0 saturated carbocycles. The number of imide groups is 1. The first-order chi connectivity index (χ1) is 14.0. The van der Waals surface area contributed by atoms with Crippen LogP contribution in [0.1, 0.15) is 18.1 Å². The van der Waals surface area contributed by atoms with Crippen LogP contribution in [-0.2, 0) is 15.1 Å². The number of hydrogen-bond donors (Lipinski definition) is 1. The lowest BCUT2D eigenvalue weighted by Crippen LogP contribution is -2.52. The van der Waals surface area contributed by atoms with Crippen LogP contribution >= 0.6 is 0 Å². The Balaban J connectivity index is 1.62. The van der Waals surface area contributed by atoms with Crippen molar-refractivity contribution in [2.75, 3.05) is 32.8 Å². The standard InChI is InChI=1S/C22H24N4O3/c1-17(27)25-14-12-24(13-15-25)16-26-20(28)22(23-21(26)29,18-8-4-2-5-9-18)19-10-6-3-7-11-19/h2-11H,12-16H2,1H3,(H,23,29). The third kappa shape index (κ3) is 3.38. The Morgan fingerprint density at radius 2 is 1.41 bits per heavy atom. The Kier molecular flexibility index (Phi) is 5.07. The van der Waals surface area contributed by atoms with Gasteiger partial charge in [-0.05, 0) is 11.1 Å². The van der Waals surface area contributed by atoms with Gasteiger partial charge in [0.2, 0.25) is 5.91 Å².